The smallest absolute Gasteiger partial charge is 0.260 e. The first-order valence-electron chi connectivity index (χ1n) is 67.8. The first-order chi connectivity index (χ1) is 83.7. The van der Waals surface area contributed by atoms with Crippen LogP contribution in [-0.2, 0) is 21.7 Å². The lowest BCUT2D eigenvalue weighted by Crippen LogP contribution is -2.57. The Morgan fingerprint density at radius 3 is 1.08 bits per heavy atom. The highest BCUT2D eigenvalue weighted by Gasteiger charge is 2.46. The predicted octanol–water partition coefficient (Wildman–Crippen LogP) is 23.3. The first-order valence-corrected chi connectivity index (χ1v) is 36.3. The molecule has 8 nitrogen and oxygen atoms in total. The molecule has 6 aliphatic rings. The molecule has 580 valence electrons. The number of para-hydroxylation sites is 5. The minimum Gasteiger partial charge on any atom is -0.458 e. The molecule has 0 aliphatic carbocycles. The van der Waals surface area contributed by atoms with Gasteiger partial charge < -0.3 is 38.2 Å². The van der Waals surface area contributed by atoms with Crippen molar-refractivity contribution in [3.8, 4) is 91.2 Å². The van der Waals surface area contributed by atoms with Gasteiger partial charge in [0, 0.05) is 90.6 Å². The quantitative estimate of drug-likeness (QED) is 0.133. The van der Waals surface area contributed by atoms with Crippen molar-refractivity contribution in [1.29, 1.82) is 0 Å². The highest BCUT2D eigenvalue weighted by atomic mass is 16.5. The second kappa shape index (κ2) is 29.7. The SMILES string of the molecule is [2H]c1c([2H])c(C(C)(C)C)c([2H])c2c1Oc1cc(N(c3c([2H])c([2H])c(C(C)(C)C([2H])([2H])[2H])c([2H])c3[2H])c3c([2H])c([2H])c(C(C([2H])([2H])[2H])(C([2H])([2H])[2H])C([2H])([2H])[2H])c([2H])c3[2H])cc3c1B2c1c([2H])c(C(C)(C)C)c([2H])c([2H])c1O3.[2H]c1c([2H])c([2H])c(-c2cc(-c3c([2H])c([2H])c([2H])c([2H])c3[2H])c3c4c2Oc2c([2H])c([2H])c([2H])c([2H])c2B4c2c([2H])c([2H])c(N(c4c([2H])c([2H])c([2H])c([2H])c4[2H])c4c([2H])c([2H])c([2H])c([2H])c4[2H])c([2H])c2O3)c([2H])c1[2H].[2H]c1c([2H])c([2H])c2c(c1[2H])Oc1c([2H])c(C=C)c([2H])c3c1B2c1c([2H])c([2H])c([2H])c([2H])c1O3. The molecule has 0 amide bonds. The van der Waals surface area contributed by atoms with Crippen LogP contribution >= 0.6 is 0 Å². The van der Waals surface area contributed by atoms with Gasteiger partial charge in [-0.15, -0.1) is 0 Å². The van der Waals surface area contributed by atoms with Gasteiger partial charge in [0.1, 0.15) is 69.0 Å². The van der Waals surface area contributed by atoms with Crippen LogP contribution in [0.25, 0.3) is 28.3 Å². The first kappa shape index (κ1) is 33.2. The van der Waals surface area contributed by atoms with Crippen LogP contribution in [0.2, 0.25) is 0 Å². The molecule has 0 spiro atoms. The number of hydrogen-bond donors (Lipinski definition) is 0. The average molecular weight is 1610 g/mol. The van der Waals surface area contributed by atoms with Crippen LogP contribution in [0.15, 0.2) is 333 Å². The molecular weight excluding hydrogens is 1450 g/mol. The van der Waals surface area contributed by atoms with Crippen LogP contribution < -0.4 is 87.4 Å². The maximum Gasteiger partial charge on any atom is 0.260 e. The lowest BCUT2D eigenvalue weighted by atomic mass is 9.34. The molecule has 21 rings (SSSR count). The van der Waals surface area contributed by atoms with Crippen molar-refractivity contribution in [3.05, 3.63) is 361 Å². The van der Waals surface area contributed by atoms with Gasteiger partial charge in [-0.05, 0) is 196 Å². The van der Waals surface area contributed by atoms with E-state index >= 15 is 0 Å². The molecule has 0 aromatic heterocycles. The Labute approximate surface area is 789 Å². The molecule has 0 fully saturated rings. The van der Waals surface area contributed by atoms with Crippen molar-refractivity contribution < 1.29 is 115 Å². The number of rotatable bonds is 9. The summed E-state index contributed by atoms with van der Waals surface area (Å²) in [7, 11) is 0. The van der Waals surface area contributed by atoms with Crippen LogP contribution in [0.3, 0.4) is 0 Å². The van der Waals surface area contributed by atoms with Crippen LogP contribution in [0.5, 0.6) is 69.0 Å². The van der Waals surface area contributed by atoms with E-state index in [9.17, 15) is 21.9 Å². The van der Waals surface area contributed by atoms with E-state index in [-0.39, 0.29) is 120 Å². The molecule has 0 bridgehead atoms. The minimum absolute atomic E-state index is 0.0155. The molecule has 0 saturated heterocycles. The Kier molecular flexibility index (Phi) is 8.28. The van der Waals surface area contributed by atoms with Gasteiger partial charge in [-0.25, -0.2) is 0 Å². The molecule has 0 atom stereocenters. The van der Waals surface area contributed by atoms with Gasteiger partial charge in [0.15, 0.2) is 0 Å². The number of fused-ring (bicyclic) bond motifs is 12. The summed E-state index contributed by atoms with van der Waals surface area (Å²) in [6, 6.07) is -39.3. The predicted molar refractivity (Wildman–Crippen MR) is 498 cm³/mol. The van der Waals surface area contributed by atoms with Crippen molar-refractivity contribution in [3.63, 3.8) is 0 Å². The van der Waals surface area contributed by atoms with Crippen LogP contribution in [0, 0.1) is 0 Å². The highest BCUT2D eigenvalue weighted by Crippen LogP contribution is 2.50. The van der Waals surface area contributed by atoms with Crippen molar-refractivity contribution >= 4 is 110 Å². The van der Waals surface area contributed by atoms with Gasteiger partial charge in [-0.3, -0.25) is 0 Å². The lowest BCUT2D eigenvalue weighted by Gasteiger charge is -2.36. The van der Waals surface area contributed by atoms with E-state index in [2.05, 4.69) is 6.58 Å². The monoisotopic (exact) mass is 1610 g/mol. The van der Waals surface area contributed by atoms with E-state index in [0.29, 0.717) is 9.80 Å². The summed E-state index contributed by atoms with van der Waals surface area (Å²) < 4.78 is 591. The molecule has 15 aromatic carbocycles. The van der Waals surface area contributed by atoms with E-state index in [1.807, 2.05) is 0 Å². The normalized spacial score (nSPS) is 21.0. The zero-order valence-corrected chi connectivity index (χ0v) is 63.6. The molecule has 11 heteroatoms. The minimum atomic E-state index is -4.10. The van der Waals surface area contributed by atoms with Crippen molar-refractivity contribution in [2.24, 2.45) is 0 Å². The fourth-order valence-corrected chi connectivity index (χ4v) is 13.9. The largest absolute Gasteiger partial charge is 0.458 e. The summed E-state index contributed by atoms with van der Waals surface area (Å²) in [5.41, 5.74) is -19.3. The number of anilines is 6. The molecule has 0 N–H and O–H groups in total. The highest BCUT2D eigenvalue weighted by molar-refractivity contribution is 6.99. The summed E-state index contributed by atoms with van der Waals surface area (Å²) in [4.78, 5) is 1.06. The summed E-state index contributed by atoms with van der Waals surface area (Å²) in [5, 5.41) is 0. The fraction of sp³-hybridized carbons (Fsp3) is 0.148. The molecule has 0 saturated carbocycles. The third-order valence-electron chi connectivity index (χ3n) is 19.4. The maximum absolute atomic E-state index is 9.94. The molecule has 15 aromatic rings. The molecular formula is C108H93B3N2O6. The zero-order chi connectivity index (χ0) is 136. The van der Waals surface area contributed by atoms with E-state index in [1.165, 1.54) is 6.08 Å². The number of hydrogen-bond acceptors (Lipinski definition) is 8. The Bertz CT molecular complexity index is 9760. The number of ether oxygens (including phenoxy) is 6. The van der Waals surface area contributed by atoms with Gasteiger partial charge in [-0.2, -0.15) is 0 Å². The van der Waals surface area contributed by atoms with Gasteiger partial charge in [0.05, 0.1) is 75.6 Å². The Morgan fingerprint density at radius 1 is 0.277 bits per heavy atom. The Hall–Kier alpha value is -13.4. The number of benzene rings is 15. The topological polar surface area (TPSA) is 61.9 Å². The van der Waals surface area contributed by atoms with Crippen LogP contribution in [-0.4, -0.2) is 20.1 Å². The van der Waals surface area contributed by atoms with Crippen molar-refractivity contribution in [2.45, 2.75) is 104 Å². The average Bonchev–Trinajstić information content (AvgIpc) is 0.687. The summed E-state index contributed by atoms with van der Waals surface area (Å²) >= 11 is 0. The summed E-state index contributed by atoms with van der Waals surface area (Å²) in [6.07, 6.45) is 1.26. The number of nitrogens with zero attached hydrogens (tertiary/aromatic N) is 2. The van der Waals surface area contributed by atoms with Crippen molar-refractivity contribution in [2.75, 3.05) is 9.80 Å². The van der Waals surface area contributed by atoms with Gasteiger partial charge in [0.2, 0.25) is 0 Å². The third-order valence-corrected chi connectivity index (χ3v) is 19.4. The molecule has 119 heavy (non-hydrogen) atoms. The van der Waals surface area contributed by atoms with E-state index in [4.69, 9.17) is 92.8 Å². The van der Waals surface area contributed by atoms with Gasteiger partial charge in [0.25, 0.3) is 20.1 Å². The van der Waals surface area contributed by atoms with E-state index in [1.54, 1.807) is 41.5 Å². The molecule has 0 unspecified atom stereocenters. The second-order valence-electron chi connectivity index (χ2n) is 29.9. The van der Waals surface area contributed by atoms with E-state index < -0.39 is 460 Å². The van der Waals surface area contributed by atoms with Gasteiger partial charge in [-0.1, -0.05) is 301 Å². The third kappa shape index (κ3) is 14.0. The maximum atomic E-state index is 9.94. The molecule has 6 heterocycles. The molecule has 6 aliphatic heterocycles. The lowest BCUT2D eigenvalue weighted by molar-refractivity contribution is 0.463. The van der Waals surface area contributed by atoms with E-state index in [0.717, 1.165) is 32.0 Å². The standard InChI is InChI=1S/C46H52BNO2.C42H28BNO2.C20H13BO2/c1-43(2,3)29-13-19-33(20-14-29)48(34-21-15-30(16-22-34)44(4,5)6)35-27-40-42-41(28-35)50-39-24-18-32(46(10,11)12)26-37(39)47(42)36-25-31(45(7,8)9)17-23-38(36)49-40;1-5-15-29(16-6-1)34-28-35(30-17-7-2-8-18-30)42-40-41(34)45-38-24-14-13-23-36(38)43(40)37-26-25-33(27-39(37)46-42)44(31-19-9-3-10-20-31)32-21-11-4-12-22-32;1-2-13-11-18-20-19(12-13)23-17-10-6-4-8-15(17)21(20)14-7-3-5-9-16(14)22-18/h13-28H,1-12H3;1-28H;2-12H,1H2/i1D3,2D3,3D3,4D3,13D,14D,15D,16D,17D,18D,19D,20D,21D,22D,23D,24D,25D,26D;1D,2D,3D,4D,5D,6D,7D,8D,9D,10D,11D,12D,13D,14D,15D,16D,17D,18D,19D,20D,21D,22D,23D,24D,25D,26D,27D;3D,4D,5D,6D,7D,8D,9D,10D,11D,12D. The fourth-order valence-electron chi connectivity index (χ4n) is 13.9. The molecule has 0 radical (unpaired) electrons. The Balaban J connectivity index is 0.000000177. The van der Waals surface area contributed by atoms with Crippen molar-refractivity contribution in [1.82, 2.24) is 0 Å². The van der Waals surface area contributed by atoms with Gasteiger partial charge >= 0.3 is 0 Å². The zero-order valence-electron chi connectivity index (χ0n) is 127. The summed E-state index contributed by atoms with van der Waals surface area (Å²) in [6.45, 7) is -3.39. The van der Waals surface area contributed by atoms with Crippen LogP contribution in [0.1, 0.15) is 197 Å². The summed E-state index contributed by atoms with van der Waals surface area (Å²) in [5.74, 6) is -4.89. The van der Waals surface area contributed by atoms with Crippen LogP contribution in [0.4, 0.5) is 34.1 Å². The second-order valence-corrected chi connectivity index (χ2v) is 29.9. The Morgan fingerprint density at radius 2 is 0.622 bits per heavy atom.